The maximum Gasteiger partial charge on any atom is 0.310 e. The summed E-state index contributed by atoms with van der Waals surface area (Å²) in [5.74, 6) is 0.536. The Kier molecular flexibility index (Phi) is 4.54. The fraction of sp³-hybridized carbons (Fsp3) is 0.133. The van der Waals surface area contributed by atoms with E-state index in [0.29, 0.717) is 10.3 Å². The van der Waals surface area contributed by atoms with Crippen LogP contribution in [0.1, 0.15) is 18.8 Å². The Balaban J connectivity index is 1.67. The van der Waals surface area contributed by atoms with Crippen LogP contribution >= 0.6 is 37.8 Å². The molecule has 0 saturated carbocycles. The lowest BCUT2D eigenvalue weighted by molar-refractivity contribution is 0.364. The first kappa shape index (κ1) is 21.7. The SMILES string of the molecule is C[C@H](Nc1nc2cc(S(F)(F)(F)(F)F)cc(Cl)c2o1)c1ncnn1-c1ncc(Br)cn1. The predicted octanol–water partition coefficient (Wildman–Crippen LogP) is 6.44. The molecular weight excluding hydrogens is 537 g/mol. The molecular formula is C15H10BrClF5N7OS. The average Bonchev–Trinajstić information content (AvgIpc) is 3.27. The molecule has 0 amide bonds. The number of benzene rings is 1. The molecule has 0 radical (unpaired) electrons. The van der Waals surface area contributed by atoms with Crippen LogP contribution in [-0.2, 0) is 0 Å². The standard InChI is InChI=1S/C15H10BrClF5N7OS/c1-7(13-25-6-26-29(13)14-23-4-8(16)5-24-14)27-15-28-11-3-9(31(18,19,20,21)22)2-10(17)12(11)30-15/h2-7H,1H3,(H,27,28)/t7-/m0/s1. The molecule has 1 atom stereocenters. The Bertz CT molecular complexity index is 1300. The number of halogens is 7. The van der Waals surface area contributed by atoms with E-state index < -0.39 is 31.7 Å². The molecule has 0 aliphatic rings. The van der Waals surface area contributed by atoms with Crippen LogP contribution in [0.15, 0.2) is 44.6 Å². The first-order chi connectivity index (χ1) is 14.2. The monoisotopic (exact) mass is 545 g/mol. The van der Waals surface area contributed by atoms with Gasteiger partial charge in [0.1, 0.15) is 16.7 Å². The number of hydrogen-bond donors (Lipinski definition) is 1. The fourth-order valence-electron chi connectivity index (χ4n) is 2.62. The molecule has 1 N–H and O–H groups in total. The molecule has 0 aliphatic heterocycles. The third-order valence-corrected chi connectivity index (χ3v) is 5.78. The van der Waals surface area contributed by atoms with Gasteiger partial charge in [-0.3, -0.25) is 0 Å². The Hall–Kier alpha value is -2.52. The molecule has 0 aliphatic carbocycles. The average molecular weight is 547 g/mol. The topological polar surface area (TPSA) is 94.6 Å². The van der Waals surface area contributed by atoms with Crippen LogP contribution in [0.5, 0.6) is 0 Å². The summed E-state index contributed by atoms with van der Waals surface area (Å²) in [6, 6.07) is -0.585. The molecule has 0 fully saturated rings. The Labute approximate surface area is 183 Å². The maximum absolute atomic E-state index is 13.1. The minimum atomic E-state index is -9.94. The normalized spacial score (nSPS) is 15.5. The zero-order chi connectivity index (χ0) is 22.7. The van der Waals surface area contributed by atoms with Crippen molar-refractivity contribution in [3.63, 3.8) is 0 Å². The van der Waals surface area contributed by atoms with E-state index in [1.807, 2.05) is 0 Å². The first-order valence-electron chi connectivity index (χ1n) is 8.20. The van der Waals surface area contributed by atoms with E-state index in [0.717, 1.165) is 0 Å². The maximum atomic E-state index is 13.1. The van der Waals surface area contributed by atoms with Gasteiger partial charge >= 0.3 is 10.2 Å². The van der Waals surface area contributed by atoms with Crippen LogP contribution in [0, 0.1) is 0 Å². The van der Waals surface area contributed by atoms with E-state index in [9.17, 15) is 19.4 Å². The van der Waals surface area contributed by atoms with Crippen molar-refractivity contribution < 1.29 is 23.8 Å². The molecule has 0 saturated heterocycles. The second-order valence-electron chi connectivity index (χ2n) is 6.34. The van der Waals surface area contributed by atoms with E-state index in [-0.39, 0.29) is 29.7 Å². The number of anilines is 1. The summed E-state index contributed by atoms with van der Waals surface area (Å²) in [6.07, 6.45) is 4.26. The molecule has 8 nitrogen and oxygen atoms in total. The van der Waals surface area contributed by atoms with Gasteiger partial charge in [0.25, 0.3) is 12.0 Å². The highest BCUT2D eigenvalue weighted by Crippen LogP contribution is 3.02. The quantitative estimate of drug-likeness (QED) is 0.288. The summed E-state index contributed by atoms with van der Waals surface area (Å²) < 4.78 is 72.9. The minimum Gasteiger partial charge on any atom is -0.422 e. The van der Waals surface area contributed by atoms with Crippen LogP contribution in [0.25, 0.3) is 17.0 Å². The zero-order valence-corrected chi connectivity index (χ0v) is 18.3. The molecule has 4 aromatic rings. The van der Waals surface area contributed by atoms with Crippen molar-refractivity contribution in [2.75, 3.05) is 5.32 Å². The van der Waals surface area contributed by atoms with Gasteiger partial charge in [-0.05, 0) is 35.0 Å². The van der Waals surface area contributed by atoms with Crippen molar-refractivity contribution in [1.29, 1.82) is 0 Å². The van der Waals surface area contributed by atoms with Crippen molar-refractivity contribution in [2.45, 2.75) is 17.9 Å². The Morgan fingerprint density at radius 2 is 1.81 bits per heavy atom. The lowest BCUT2D eigenvalue weighted by Crippen LogP contribution is -2.15. The largest absolute Gasteiger partial charge is 0.422 e. The van der Waals surface area contributed by atoms with E-state index in [1.54, 1.807) is 6.92 Å². The summed E-state index contributed by atoms with van der Waals surface area (Å²) in [4.78, 5) is 14.0. The van der Waals surface area contributed by atoms with Gasteiger partial charge in [-0.25, -0.2) is 15.0 Å². The number of hydrogen-bond acceptors (Lipinski definition) is 7. The molecule has 3 aromatic heterocycles. The third-order valence-electron chi connectivity index (χ3n) is 3.96. The van der Waals surface area contributed by atoms with E-state index >= 15 is 0 Å². The summed E-state index contributed by atoms with van der Waals surface area (Å²) >= 11 is 8.95. The van der Waals surface area contributed by atoms with Crippen molar-refractivity contribution in [2.24, 2.45) is 0 Å². The number of rotatable bonds is 5. The predicted molar refractivity (Wildman–Crippen MR) is 107 cm³/mol. The minimum absolute atomic E-state index is 0.116. The van der Waals surface area contributed by atoms with Crippen LogP contribution in [0.3, 0.4) is 0 Å². The van der Waals surface area contributed by atoms with Gasteiger partial charge in [0.05, 0.1) is 15.5 Å². The van der Waals surface area contributed by atoms with Crippen LogP contribution in [-0.4, -0.2) is 29.7 Å². The molecule has 0 unspecified atom stereocenters. The third kappa shape index (κ3) is 4.43. The van der Waals surface area contributed by atoms with Gasteiger partial charge in [0.15, 0.2) is 11.4 Å². The molecule has 16 heteroatoms. The van der Waals surface area contributed by atoms with Gasteiger partial charge in [0, 0.05) is 12.4 Å². The van der Waals surface area contributed by atoms with Crippen molar-refractivity contribution >= 4 is 54.9 Å². The molecule has 0 spiro atoms. The summed E-state index contributed by atoms with van der Waals surface area (Å²) in [7, 11) is -9.94. The van der Waals surface area contributed by atoms with Crippen molar-refractivity contribution in [3.8, 4) is 5.95 Å². The molecule has 0 bridgehead atoms. The summed E-state index contributed by atoms with van der Waals surface area (Å²) in [5, 5.41) is 6.16. The number of aromatic nitrogens is 6. The fourth-order valence-corrected chi connectivity index (χ4v) is 3.81. The highest BCUT2D eigenvalue weighted by Gasteiger charge is 2.65. The van der Waals surface area contributed by atoms with Crippen LogP contribution in [0.4, 0.5) is 25.4 Å². The number of nitrogens with zero attached hydrogens (tertiary/aromatic N) is 6. The van der Waals surface area contributed by atoms with Crippen molar-refractivity contribution in [1.82, 2.24) is 29.7 Å². The zero-order valence-electron chi connectivity index (χ0n) is 15.1. The number of nitrogens with one attached hydrogen (secondary N) is 1. The lowest BCUT2D eigenvalue weighted by atomic mass is 10.3. The van der Waals surface area contributed by atoms with E-state index in [1.165, 1.54) is 23.4 Å². The van der Waals surface area contributed by atoms with Gasteiger partial charge < -0.3 is 9.73 Å². The van der Waals surface area contributed by atoms with Gasteiger partial charge in [0.2, 0.25) is 0 Å². The van der Waals surface area contributed by atoms with Gasteiger partial charge in [-0.1, -0.05) is 31.0 Å². The number of fused-ring (bicyclic) bond motifs is 1. The molecule has 3 heterocycles. The highest BCUT2D eigenvalue weighted by atomic mass is 79.9. The van der Waals surface area contributed by atoms with E-state index in [4.69, 9.17) is 16.0 Å². The summed E-state index contributed by atoms with van der Waals surface area (Å²) in [6.45, 7) is 1.63. The molecule has 1 aromatic carbocycles. The van der Waals surface area contributed by atoms with Crippen LogP contribution < -0.4 is 5.32 Å². The van der Waals surface area contributed by atoms with Crippen molar-refractivity contribution in [3.05, 3.63) is 46.2 Å². The van der Waals surface area contributed by atoms with Gasteiger partial charge in [-0.15, -0.1) is 0 Å². The number of oxazole rings is 1. The Morgan fingerprint density at radius 1 is 1.13 bits per heavy atom. The second-order valence-corrected chi connectivity index (χ2v) is 10.1. The smallest absolute Gasteiger partial charge is 0.310 e. The van der Waals surface area contributed by atoms with Crippen LogP contribution in [0.2, 0.25) is 5.02 Å². The Morgan fingerprint density at radius 3 is 2.45 bits per heavy atom. The summed E-state index contributed by atoms with van der Waals surface area (Å²) in [5.41, 5.74) is -0.761. The highest BCUT2D eigenvalue weighted by molar-refractivity contribution is 9.10. The van der Waals surface area contributed by atoms with Gasteiger partial charge in [-0.2, -0.15) is 14.8 Å². The first-order valence-corrected chi connectivity index (χ1v) is 11.3. The second kappa shape index (κ2) is 6.49. The molecule has 31 heavy (non-hydrogen) atoms. The lowest BCUT2D eigenvalue weighted by Gasteiger charge is -2.40. The van der Waals surface area contributed by atoms with E-state index in [2.05, 4.69) is 46.3 Å². The molecule has 166 valence electrons. The molecule has 4 rings (SSSR count).